The lowest BCUT2D eigenvalue weighted by Gasteiger charge is -2.34. The summed E-state index contributed by atoms with van der Waals surface area (Å²) in [6.45, 7) is 6.72. The average Bonchev–Trinajstić information content (AvgIpc) is 2.68. The molecule has 1 amide bonds. The molecular formula is C21H31NO6. The smallest absolute Gasteiger partial charge is 0.341 e. The molecule has 28 heavy (non-hydrogen) atoms. The van der Waals surface area contributed by atoms with Gasteiger partial charge in [0.1, 0.15) is 0 Å². The number of hydrogen-bond acceptors (Lipinski definition) is 5. The van der Waals surface area contributed by atoms with E-state index in [4.69, 9.17) is 19.3 Å². The summed E-state index contributed by atoms with van der Waals surface area (Å²) in [5.74, 6) is -0.0781. The summed E-state index contributed by atoms with van der Waals surface area (Å²) < 4.78 is 16.7. The molecule has 0 aliphatic carbocycles. The van der Waals surface area contributed by atoms with Gasteiger partial charge in [-0.1, -0.05) is 26.7 Å². The number of carboxylic acid groups (broad SMARTS) is 1. The Bertz CT molecular complexity index is 658. The number of carboxylic acids is 1. The Labute approximate surface area is 166 Å². The molecule has 0 saturated carbocycles. The van der Waals surface area contributed by atoms with Gasteiger partial charge in [0.05, 0.1) is 12.7 Å². The van der Waals surface area contributed by atoms with Crippen LogP contribution in [0.1, 0.15) is 56.8 Å². The van der Waals surface area contributed by atoms with E-state index >= 15 is 0 Å². The molecule has 1 aliphatic rings. The quantitative estimate of drug-likeness (QED) is 0.634. The number of amides is 1. The van der Waals surface area contributed by atoms with Crippen molar-refractivity contribution >= 4 is 11.9 Å². The van der Waals surface area contributed by atoms with Gasteiger partial charge in [-0.2, -0.15) is 0 Å². The van der Waals surface area contributed by atoms with Crippen molar-refractivity contribution in [3.63, 3.8) is 0 Å². The Morgan fingerprint density at radius 3 is 2.61 bits per heavy atom. The summed E-state index contributed by atoms with van der Waals surface area (Å²) in [4.78, 5) is 23.4. The second kappa shape index (κ2) is 10.9. The fourth-order valence-electron chi connectivity index (χ4n) is 3.55. The van der Waals surface area contributed by atoms with Crippen molar-refractivity contribution in [1.29, 1.82) is 0 Å². The summed E-state index contributed by atoms with van der Waals surface area (Å²) in [6, 6.07) is 4.85. The zero-order valence-electron chi connectivity index (χ0n) is 16.9. The largest absolute Gasteiger partial charge is 0.490 e. The van der Waals surface area contributed by atoms with Gasteiger partial charge < -0.3 is 24.6 Å². The number of rotatable bonds is 10. The highest BCUT2D eigenvalue weighted by atomic mass is 16.5. The van der Waals surface area contributed by atoms with E-state index in [1.165, 1.54) is 0 Å². The van der Waals surface area contributed by atoms with Crippen molar-refractivity contribution < 1.29 is 28.9 Å². The van der Waals surface area contributed by atoms with E-state index in [0.29, 0.717) is 36.2 Å². The fourth-order valence-corrected chi connectivity index (χ4v) is 3.55. The van der Waals surface area contributed by atoms with Crippen molar-refractivity contribution in [3.05, 3.63) is 23.8 Å². The summed E-state index contributed by atoms with van der Waals surface area (Å²) in [6.07, 6.45) is 3.92. The van der Waals surface area contributed by atoms with Gasteiger partial charge in [-0.15, -0.1) is 0 Å². The van der Waals surface area contributed by atoms with Crippen molar-refractivity contribution in [2.45, 2.75) is 58.6 Å². The summed E-state index contributed by atoms with van der Waals surface area (Å²) in [7, 11) is 0. The van der Waals surface area contributed by atoms with Crippen LogP contribution in [0.5, 0.6) is 11.5 Å². The van der Waals surface area contributed by atoms with E-state index in [2.05, 4.69) is 19.2 Å². The molecule has 0 spiro atoms. The van der Waals surface area contributed by atoms with Gasteiger partial charge in [0.2, 0.25) is 0 Å². The van der Waals surface area contributed by atoms with Crippen LogP contribution in [0, 0.1) is 5.92 Å². The molecule has 2 atom stereocenters. The van der Waals surface area contributed by atoms with E-state index in [1.54, 1.807) is 18.2 Å². The molecule has 156 valence electrons. The first kappa shape index (κ1) is 22.0. The maximum absolute atomic E-state index is 12.7. The number of carbonyl (C=O) groups excluding carboxylic acids is 1. The van der Waals surface area contributed by atoms with Crippen LogP contribution in [0.3, 0.4) is 0 Å². The SMILES string of the molecule is CCOc1cc(C(=O)NC2CCOC(C(CC)CC)C2)ccc1OCC(=O)O. The molecule has 7 heteroatoms. The third-order valence-corrected chi connectivity index (χ3v) is 5.08. The van der Waals surface area contributed by atoms with Gasteiger partial charge in [0.15, 0.2) is 18.1 Å². The zero-order chi connectivity index (χ0) is 20.5. The Hall–Kier alpha value is -2.28. The molecule has 2 rings (SSSR count). The van der Waals surface area contributed by atoms with Crippen LogP contribution in [0.25, 0.3) is 0 Å². The van der Waals surface area contributed by atoms with Crippen molar-refractivity contribution in [2.75, 3.05) is 19.8 Å². The lowest BCUT2D eigenvalue weighted by molar-refractivity contribution is -0.139. The van der Waals surface area contributed by atoms with Crippen LogP contribution >= 0.6 is 0 Å². The first-order valence-corrected chi connectivity index (χ1v) is 10.0. The van der Waals surface area contributed by atoms with Gasteiger partial charge >= 0.3 is 5.97 Å². The average molecular weight is 393 g/mol. The van der Waals surface area contributed by atoms with Gasteiger partial charge in [0.25, 0.3) is 5.91 Å². The van der Waals surface area contributed by atoms with E-state index in [-0.39, 0.29) is 18.1 Å². The molecule has 1 fully saturated rings. The minimum Gasteiger partial charge on any atom is -0.490 e. The molecule has 1 heterocycles. The molecule has 7 nitrogen and oxygen atoms in total. The maximum Gasteiger partial charge on any atom is 0.341 e. The van der Waals surface area contributed by atoms with Crippen LogP contribution in [0.2, 0.25) is 0 Å². The number of hydrogen-bond donors (Lipinski definition) is 2. The van der Waals surface area contributed by atoms with E-state index in [0.717, 1.165) is 25.7 Å². The van der Waals surface area contributed by atoms with Crippen LogP contribution in [0.15, 0.2) is 18.2 Å². The Kier molecular flexibility index (Phi) is 8.57. The van der Waals surface area contributed by atoms with Crippen molar-refractivity contribution in [1.82, 2.24) is 5.32 Å². The topological polar surface area (TPSA) is 94.1 Å². The Morgan fingerprint density at radius 2 is 1.96 bits per heavy atom. The van der Waals surface area contributed by atoms with Gasteiger partial charge in [-0.3, -0.25) is 4.79 Å². The molecule has 1 aromatic carbocycles. The molecule has 1 aliphatic heterocycles. The van der Waals surface area contributed by atoms with Crippen LogP contribution in [0.4, 0.5) is 0 Å². The van der Waals surface area contributed by atoms with E-state index in [9.17, 15) is 9.59 Å². The number of ether oxygens (including phenoxy) is 3. The van der Waals surface area contributed by atoms with Gasteiger partial charge in [-0.25, -0.2) is 4.79 Å². The zero-order valence-corrected chi connectivity index (χ0v) is 16.9. The highest BCUT2D eigenvalue weighted by Gasteiger charge is 2.28. The lowest BCUT2D eigenvalue weighted by Crippen LogP contribution is -2.44. The normalized spacial score (nSPS) is 19.3. The molecule has 0 radical (unpaired) electrons. The molecule has 0 aromatic heterocycles. The lowest BCUT2D eigenvalue weighted by atomic mass is 9.89. The predicted octanol–water partition coefficient (Wildman–Crippen LogP) is 3.26. The molecule has 1 aromatic rings. The summed E-state index contributed by atoms with van der Waals surface area (Å²) >= 11 is 0. The monoisotopic (exact) mass is 393 g/mol. The molecule has 0 bridgehead atoms. The number of carbonyl (C=O) groups is 2. The summed E-state index contributed by atoms with van der Waals surface area (Å²) in [5, 5.41) is 11.9. The van der Waals surface area contributed by atoms with Crippen molar-refractivity contribution in [3.8, 4) is 11.5 Å². The molecule has 1 saturated heterocycles. The predicted molar refractivity (Wildman–Crippen MR) is 105 cm³/mol. The minimum absolute atomic E-state index is 0.0744. The Morgan fingerprint density at radius 1 is 1.21 bits per heavy atom. The fraction of sp³-hybridized carbons (Fsp3) is 0.619. The standard InChI is InChI=1S/C21H31NO6/c1-4-14(5-2)18-12-16(9-10-27-18)22-21(25)15-7-8-17(28-13-20(23)24)19(11-15)26-6-3/h7-8,11,14,16,18H,4-6,9-10,12-13H2,1-3H3,(H,22,25)(H,23,24). The third kappa shape index (κ3) is 6.12. The van der Waals surface area contributed by atoms with Crippen molar-refractivity contribution in [2.24, 2.45) is 5.92 Å². The first-order chi connectivity index (χ1) is 13.5. The Balaban J connectivity index is 2.04. The van der Waals surface area contributed by atoms with Crippen LogP contribution in [-0.2, 0) is 9.53 Å². The highest BCUT2D eigenvalue weighted by molar-refractivity contribution is 5.95. The molecule has 2 N–H and O–H groups in total. The number of aliphatic carboxylic acids is 1. The van der Waals surface area contributed by atoms with E-state index in [1.807, 2.05) is 6.92 Å². The minimum atomic E-state index is -1.07. The third-order valence-electron chi connectivity index (χ3n) is 5.08. The van der Waals surface area contributed by atoms with Crippen LogP contribution < -0.4 is 14.8 Å². The highest BCUT2D eigenvalue weighted by Crippen LogP contribution is 2.29. The maximum atomic E-state index is 12.7. The number of benzene rings is 1. The second-order valence-corrected chi connectivity index (χ2v) is 6.96. The van der Waals surface area contributed by atoms with E-state index < -0.39 is 12.6 Å². The van der Waals surface area contributed by atoms with Gasteiger partial charge in [-0.05, 0) is 43.9 Å². The van der Waals surface area contributed by atoms with Gasteiger partial charge in [0, 0.05) is 18.2 Å². The second-order valence-electron chi connectivity index (χ2n) is 6.96. The van der Waals surface area contributed by atoms with Crippen LogP contribution in [-0.4, -0.2) is 48.9 Å². The first-order valence-electron chi connectivity index (χ1n) is 10.0. The number of nitrogens with one attached hydrogen (secondary N) is 1. The summed E-state index contributed by atoms with van der Waals surface area (Å²) in [5.41, 5.74) is 0.455. The molecular weight excluding hydrogens is 362 g/mol. The molecule has 2 unspecified atom stereocenters.